The van der Waals surface area contributed by atoms with Gasteiger partial charge in [-0.15, -0.1) is 11.3 Å². The average molecular weight is 335 g/mol. The summed E-state index contributed by atoms with van der Waals surface area (Å²) in [4.78, 5) is 19.2. The van der Waals surface area contributed by atoms with Crippen LogP contribution in [0, 0.1) is 0 Å². The molecule has 2 aliphatic rings. The Balaban J connectivity index is 1.64. The number of pyridine rings is 1. The van der Waals surface area contributed by atoms with Gasteiger partial charge in [0.1, 0.15) is 15.9 Å². The molecule has 4 nitrogen and oxygen atoms in total. The average Bonchev–Trinajstić information content (AvgIpc) is 2.99. The summed E-state index contributed by atoms with van der Waals surface area (Å²) in [5, 5.41) is 7.65. The Morgan fingerprint density at radius 1 is 1.08 bits per heavy atom. The van der Waals surface area contributed by atoms with E-state index in [0.29, 0.717) is 0 Å². The molecule has 5 heteroatoms. The zero-order valence-electron chi connectivity index (χ0n) is 13.1. The van der Waals surface area contributed by atoms with Crippen LogP contribution in [0.5, 0.6) is 0 Å². The maximum Gasteiger partial charge on any atom is 0.265 e. The monoisotopic (exact) mass is 335 g/mol. The number of fused-ring (bicyclic) bond motifs is 4. The van der Waals surface area contributed by atoms with E-state index in [2.05, 4.69) is 16.7 Å². The first-order valence-electron chi connectivity index (χ1n) is 8.37. The Morgan fingerprint density at radius 2 is 1.92 bits per heavy atom. The van der Waals surface area contributed by atoms with Crippen LogP contribution in [-0.2, 0) is 12.8 Å². The molecule has 0 fully saturated rings. The zero-order chi connectivity index (χ0) is 16.1. The number of aromatic nitrogens is 1. The normalized spacial score (nSPS) is 19.3. The lowest BCUT2D eigenvalue weighted by Crippen LogP contribution is -2.37. The largest absolute Gasteiger partial charge is 0.360 e. The van der Waals surface area contributed by atoms with E-state index in [-0.39, 0.29) is 12.1 Å². The SMILES string of the molecule is O=C1NC(c2ccccc2)Nc2c1sc1nc3c(cc21)CCCC3. The number of thiophene rings is 1. The number of rotatable bonds is 1. The minimum atomic E-state index is -0.194. The third kappa shape index (κ3) is 2.12. The molecule has 1 atom stereocenters. The third-order valence-corrected chi connectivity index (χ3v) is 5.96. The highest BCUT2D eigenvalue weighted by Crippen LogP contribution is 2.40. The second kappa shape index (κ2) is 5.31. The van der Waals surface area contributed by atoms with Gasteiger partial charge >= 0.3 is 0 Å². The smallest absolute Gasteiger partial charge is 0.265 e. The number of carbonyl (C=O) groups excluding carboxylic acids is 1. The van der Waals surface area contributed by atoms with Crippen molar-refractivity contribution in [2.24, 2.45) is 0 Å². The van der Waals surface area contributed by atoms with Crippen LogP contribution in [0.15, 0.2) is 36.4 Å². The van der Waals surface area contributed by atoms with Crippen LogP contribution < -0.4 is 10.6 Å². The summed E-state index contributed by atoms with van der Waals surface area (Å²) in [6.07, 6.45) is 4.40. The summed E-state index contributed by atoms with van der Waals surface area (Å²) in [7, 11) is 0. The summed E-state index contributed by atoms with van der Waals surface area (Å²) in [5.74, 6) is -0.0152. The number of amides is 1. The molecule has 0 bridgehead atoms. The van der Waals surface area contributed by atoms with Crippen LogP contribution in [0.25, 0.3) is 10.2 Å². The number of nitrogens with zero attached hydrogens (tertiary/aromatic N) is 1. The Hall–Kier alpha value is -2.40. The van der Waals surface area contributed by atoms with Gasteiger partial charge in [0, 0.05) is 11.1 Å². The zero-order valence-corrected chi connectivity index (χ0v) is 14.0. The van der Waals surface area contributed by atoms with Crippen molar-refractivity contribution in [1.29, 1.82) is 0 Å². The molecular weight excluding hydrogens is 318 g/mol. The van der Waals surface area contributed by atoms with Crippen molar-refractivity contribution in [3.63, 3.8) is 0 Å². The highest BCUT2D eigenvalue weighted by atomic mass is 32.1. The first-order valence-corrected chi connectivity index (χ1v) is 9.19. The van der Waals surface area contributed by atoms with Crippen molar-refractivity contribution in [2.75, 3.05) is 5.32 Å². The molecule has 1 aliphatic carbocycles. The predicted molar refractivity (Wildman–Crippen MR) is 96.5 cm³/mol. The molecule has 5 rings (SSSR count). The Labute approximate surface area is 143 Å². The van der Waals surface area contributed by atoms with E-state index in [9.17, 15) is 4.79 Å². The lowest BCUT2D eigenvalue weighted by Gasteiger charge is -2.26. The molecule has 2 aromatic heterocycles. The van der Waals surface area contributed by atoms with Gasteiger partial charge in [0.05, 0.1) is 5.69 Å². The molecule has 3 aromatic rings. The van der Waals surface area contributed by atoms with E-state index in [1.54, 1.807) is 0 Å². The van der Waals surface area contributed by atoms with E-state index in [0.717, 1.165) is 39.2 Å². The fourth-order valence-electron chi connectivity index (χ4n) is 3.63. The van der Waals surface area contributed by atoms with Crippen molar-refractivity contribution in [1.82, 2.24) is 10.3 Å². The molecule has 1 amide bonds. The number of nitrogens with one attached hydrogen (secondary N) is 2. The van der Waals surface area contributed by atoms with Crippen molar-refractivity contribution < 1.29 is 4.79 Å². The fourth-order valence-corrected chi connectivity index (χ4v) is 4.68. The van der Waals surface area contributed by atoms with Crippen LogP contribution in [0.1, 0.15) is 45.5 Å². The predicted octanol–water partition coefficient (Wildman–Crippen LogP) is 4.03. The van der Waals surface area contributed by atoms with E-state index in [1.165, 1.54) is 35.4 Å². The van der Waals surface area contributed by atoms with Gasteiger partial charge < -0.3 is 10.6 Å². The van der Waals surface area contributed by atoms with Gasteiger partial charge in [0.15, 0.2) is 0 Å². The van der Waals surface area contributed by atoms with Crippen LogP contribution in [0.2, 0.25) is 0 Å². The maximum atomic E-state index is 12.6. The minimum absolute atomic E-state index is 0.0152. The molecular formula is C19H17N3OS. The van der Waals surface area contributed by atoms with Gasteiger partial charge in [-0.2, -0.15) is 0 Å². The standard InChI is InChI=1S/C19H17N3OS/c23-18-16-15(21-17(22-18)11-6-2-1-3-7-11)13-10-12-8-4-5-9-14(12)20-19(13)24-16/h1-3,6-7,10,17,21H,4-5,8-9H2,(H,22,23). The van der Waals surface area contributed by atoms with Gasteiger partial charge in [-0.25, -0.2) is 4.98 Å². The first-order chi connectivity index (χ1) is 11.8. The van der Waals surface area contributed by atoms with Crippen LogP contribution in [0.3, 0.4) is 0 Å². The lowest BCUT2D eigenvalue weighted by molar-refractivity contribution is 0.0940. The van der Waals surface area contributed by atoms with E-state index in [4.69, 9.17) is 4.98 Å². The van der Waals surface area contributed by atoms with Crippen molar-refractivity contribution in [3.8, 4) is 0 Å². The highest BCUT2D eigenvalue weighted by molar-refractivity contribution is 7.21. The summed E-state index contributed by atoms with van der Waals surface area (Å²) < 4.78 is 0. The number of benzene rings is 1. The van der Waals surface area contributed by atoms with Crippen LogP contribution in [-0.4, -0.2) is 10.9 Å². The summed E-state index contributed by atoms with van der Waals surface area (Å²) >= 11 is 1.49. The van der Waals surface area contributed by atoms with Gasteiger partial charge in [-0.05, 0) is 42.9 Å². The Kier molecular flexibility index (Phi) is 3.10. The lowest BCUT2D eigenvalue weighted by atomic mass is 9.95. The van der Waals surface area contributed by atoms with Crippen molar-refractivity contribution >= 4 is 33.1 Å². The number of anilines is 1. The second-order valence-corrected chi connectivity index (χ2v) is 7.42. The van der Waals surface area contributed by atoms with E-state index < -0.39 is 0 Å². The molecule has 0 saturated heterocycles. The van der Waals surface area contributed by atoms with Gasteiger partial charge in [0.25, 0.3) is 5.91 Å². The molecule has 2 N–H and O–H groups in total. The third-order valence-electron chi connectivity index (χ3n) is 4.86. The fraction of sp³-hybridized carbons (Fsp3) is 0.263. The molecule has 0 radical (unpaired) electrons. The topological polar surface area (TPSA) is 54.0 Å². The first kappa shape index (κ1) is 14.0. The molecule has 0 saturated carbocycles. The van der Waals surface area contributed by atoms with Crippen molar-refractivity contribution in [2.45, 2.75) is 31.8 Å². The molecule has 1 unspecified atom stereocenters. The Morgan fingerprint density at radius 3 is 2.79 bits per heavy atom. The number of aryl methyl sites for hydroxylation is 2. The second-order valence-electron chi connectivity index (χ2n) is 6.42. The van der Waals surface area contributed by atoms with Gasteiger partial charge in [-0.1, -0.05) is 30.3 Å². The van der Waals surface area contributed by atoms with Crippen LogP contribution >= 0.6 is 11.3 Å². The molecule has 0 spiro atoms. The Bertz CT molecular complexity index is 948. The molecule has 3 heterocycles. The molecule has 1 aliphatic heterocycles. The summed E-state index contributed by atoms with van der Waals surface area (Å²) in [6.45, 7) is 0. The van der Waals surface area contributed by atoms with Crippen LogP contribution in [0.4, 0.5) is 5.69 Å². The summed E-state index contributed by atoms with van der Waals surface area (Å²) in [5.41, 5.74) is 4.56. The van der Waals surface area contributed by atoms with Crippen molar-refractivity contribution in [3.05, 3.63) is 58.1 Å². The molecule has 120 valence electrons. The van der Waals surface area contributed by atoms with Gasteiger partial charge in [0.2, 0.25) is 0 Å². The highest BCUT2D eigenvalue weighted by Gasteiger charge is 2.29. The quantitative estimate of drug-likeness (QED) is 0.706. The van der Waals surface area contributed by atoms with E-state index >= 15 is 0 Å². The minimum Gasteiger partial charge on any atom is -0.360 e. The van der Waals surface area contributed by atoms with Gasteiger partial charge in [-0.3, -0.25) is 4.79 Å². The number of hydrogen-bond donors (Lipinski definition) is 2. The number of carbonyl (C=O) groups is 1. The number of hydrogen-bond acceptors (Lipinski definition) is 4. The molecule has 24 heavy (non-hydrogen) atoms. The van der Waals surface area contributed by atoms with E-state index in [1.807, 2.05) is 30.3 Å². The molecule has 1 aromatic carbocycles. The maximum absolute atomic E-state index is 12.6. The summed E-state index contributed by atoms with van der Waals surface area (Å²) in [6, 6.07) is 12.3.